The number of nitrogens with zero attached hydrogens (tertiary/aromatic N) is 3. The summed E-state index contributed by atoms with van der Waals surface area (Å²) in [5, 5.41) is 2.89. The van der Waals surface area contributed by atoms with Crippen LogP contribution in [-0.4, -0.2) is 75.5 Å². The van der Waals surface area contributed by atoms with E-state index >= 15 is 0 Å². The van der Waals surface area contributed by atoms with Gasteiger partial charge in [0.1, 0.15) is 11.5 Å². The minimum absolute atomic E-state index is 0.0443. The van der Waals surface area contributed by atoms with E-state index in [0.717, 1.165) is 0 Å². The van der Waals surface area contributed by atoms with Crippen LogP contribution in [0.15, 0.2) is 47.6 Å². The summed E-state index contributed by atoms with van der Waals surface area (Å²) in [6.07, 6.45) is 2.10. The van der Waals surface area contributed by atoms with Gasteiger partial charge in [-0.3, -0.25) is 9.69 Å². The van der Waals surface area contributed by atoms with E-state index in [1.165, 1.54) is 23.7 Å². The second-order valence-electron chi connectivity index (χ2n) is 6.82. The maximum absolute atomic E-state index is 12.8. The zero-order chi connectivity index (χ0) is 21.6. The molecule has 0 saturated carbocycles. The number of methoxy groups -OCH3 is 2. The van der Waals surface area contributed by atoms with Crippen molar-refractivity contribution in [3.05, 3.63) is 42.6 Å². The molecule has 3 rings (SSSR count). The third-order valence-electron chi connectivity index (χ3n) is 4.84. The first-order chi connectivity index (χ1) is 14.4. The largest absolute Gasteiger partial charge is 0.497 e. The van der Waals surface area contributed by atoms with Crippen LogP contribution < -0.4 is 14.8 Å². The van der Waals surface area contributed by atoms with Crippen LogP contribution in [0.5, 0.6) is 11.5 Å². The fourth-order valence-electron chi connectivity index (χ4n) is 3.27. The van der Waals surface area contributed by atoms with Crippen LogP contribution >= 0.6 is 0 Å². The molecule has 1 amide bonds. The summed E-state index contributed by atoms with van der Waals surface area (Å²) in [5.74, 6) is 0.942. The van der Waals surface area contributed by atoms with E-state index in [4.69, 9.17) is 9.47 Å². The molecular formula is C20H26N4O5S. The van der Waals surface area contributed by atoms with Crippen LogP contribution in [0.1, 0.15) is 6.42 Å². The van der Waals surface area contributed by atoms with Gasteiger partial charge in [-0.25, -0.2) is 13.4 Å². The monoisotopic (exact) mass is 434 g/mol. The molecule has 10 heteroatoms. The molecule has 1 aliphatic heterocycles. The van der Waals surface area contributed by atoms with E-state index in [1.54, 1.807) is 37.4 Å². The number of carbonyl (C=O) groups excluding carboxylic acids is 1. The van der Waals surface area contributed by atoms with Gasteiger partial charge in [0.05, 0.1) is 26.5 Å². The molecule has 0 atom stereocenters. The van der Waals surface area contributed by atoms with Crippen LogP contribution in [-0.2, 0) is 14.8 Å². The van der Waals surface area contributed by atoms with Crippen molar-refractivity contribution < 1.29 is 22.7 Å². The minimum atomic E-state index is -3.63. The van der Waals surface area contributed by atoms with Crippen molar-refractivity contribution in [3.8, 4) is 11.5 Å². The van der Waals surface area contributed by atoms with E-state index in [-0.39, 0.29) is 17.5 Å². The molecule has 1 fully saturated rings. The predicted octanol–water partition coefficient (Wildman–Crippen LogP) is 1.43. The van der Waals surface area contributed by atoms with Gasteiger partial charge in [-0.05, 0) is 37.2 Å². The number of aromatic nitrogens is 1. The predicted molar refractivity (Wildman–Crippen MR) is 112 cm³/mol. The fraction of sp³-hybridized carbons (Fsp3) is 0.400. The molecule has 0 unspecified atom stereocenters. The molecule has 30 heavy (non-hydrogen) atoms. The Morgan fingerprint density at radius 3 is 2.63 bits per heavy atom. The Kier molecular flexibility index (Phi) is 7.24. The molecule has 0 aliphatic carbocycles. The third kappa shape index (κ3) is 5.26. The zero-order valence-electron chi connectivity index (χ0n) is 17.1. The van der Waals surface area contributed by atoms with Crippen molar-refractivity contribution in [3.63, 3.8) is 0 Å². The molecule has 9 nitrogen and oxygen atoms in total. The van der Waals surface area contributed by atoms with Gasteiger partial charge in [0.15, 0.2) is 5.03 Å². The molecule has 2 heterocycles. The Labute approximate surface area is 176 Å². The molecule has 1 aromatic heterocycles. The van der Waals surface area contributed by atoms with Gasteiger partial charge < -0.3 is 14.8 Å². The van der Waals surface area contributed by atoms with E-state index in [2.05, 4.69) is 10.3 Å². The molecule has 162 valence electrons. The summed E-state index contributed by atoms with van der Waals surface area (Å²) in [6.45, 7) is 1.94. The fourth-order valence-corrected chi connectivity index (χ4v) is 4.67. The Morgan fingerprint density at radius 2 is 1.93 bits per heavy atom. The quantitative estimate of drug-likeness (QED) is 0.704. The van der Waals surface area contributed by atoms with Crippen LogP contribution in [0.25, 0.3) is 0 Å². The standard InChI is InChI=1S/C20H26N4O5S/c1-28-16-7-8-17(18(14-16)29-2)22-19(25)15-23-10-5-11-24(13-12-23)30(26,27)20-6-3-4-9-21-20/h3-4,6-9,14H,5,10-13,15H2,1-2H3,(H,22,25). The zero-order valence-corrected chi connectivity index (χ0v) is 17.9. The normalized spacial score (nSPS) is 15.9. The second-order valence-corrected chi connectivity index (χ2v) is 8.70. The van der Waals surface area contributed by atoms with Gasteiger partial charge in [-0.1, -0.05) is 6.07 Å². The highest BCUT2D eigenvalue weighted by atomic mass is 32.2. The van der Waals surface area contributed by atoms with E-state index in [9.17, 15) is 13.2 Å². The first-order valence-electron chi connectivity index (χ1n) is 9.59. The van der Waals surface area contributed by atoms with Gasteiger partial charge in [-0.2, -0.15) is 4.31 Å². The summed E-state index contributed by atoms with van der Waals surface area (Å²) in [7, 11) is -0.552. The highest BCUT2D eigenvalue weighted by Crippen LogP contribution is 2.29. The number of anilines is 1. The lowest BCUT2D eigenvalue weighted by Crippen LogP contribution is -2.38. The average Bonchev–Trinajstić information content (AvgIpc) is 3.00. The maximum atomic E-state index is 12.8. The van der Waals surface area contributed by atoms with Gasteiger partial charge in [0.2, 0.25) is 5.91 Å². The molecule has 0 bridgehead atoms. The number of benzene rings is 1. The van der Waals surface area contributed by atoms with Crippen molar-refractivity contribution in [1.82, 2.24) is 14.2 Å². The molecule has 1 saturated heterocycles. The van der Waals surface area contributed by atoms with Gasteiger partial charge in [0, 0.05) is 31.9 Å². The van der Waals surface area contributed by atoms with Crippen molar-refractivity contribution in [2.45, 2.75) is 11.4 Å². The molecular weight excluding hydrogens is 408 g/mol. The first-order valence-corrected chi connectivity index (χ1v) is 11.0. The van der Waals surface area contributed by atoms with Crippen molar-refractivity contribution in [1.29, 1.82) is 0 Å². The second kappa shape index (κ2) is 9.88. The highest BCUT2D eigenvalue weighted by molar-refractivity contribution is 7.89. The number of rotatable bonds is 7. The van der Waals surface area contributed by atoms with Gasteiger partial charge in [0.25, 0.3) is 10.0 Å². The van der Waals surface area contributed by atoms with E-state index in [0.29, 0.717) is 49.8 Å². The number of ether oxygens (including phenoxy) is 2. The number of pyridine rings is 1. The lowest BCUT2D eigenvalue weighted by molar-refractivity contribution is -0.117. The van der Waals surface area contributed by atoms with Gasteiger partial charge in [-0.15, -0.1) is 0 Å². The smallest absolute Gasteiger partial charge is 0.260 e. The Balaban J connectivity index is 1.59. The topological polar surface area (TPSA) is 101 Å². The first kappa shape index (κ1) is 22.0. The Morgan fingerprint density at radius 1 is 1.10 bits per heavy atom. The molecule has 1 aliphatic rings. The van der Waals surface area contributed by atoms with Crippen molar-refractivity contribution >= 4 is 21.6 Å². The molecule has 0 radical (unpaired) electrons. The van der Waals surface area contributed by atoms with Crippen molar-refractivity contribution in [2.24, 2.45) is 0 Å². The van der Waals surface area contributed by atoms with Crippen molar-refractivity contribution in [2.75, 3.05) is 52.3 Å². The van der Waals surface area contributed by atoms with Crippen LogP contribution in [0.3, 0.4) is 0 Å². The number of sulfonamides is 1. The molecule has 2 aromatic rings. The molecule has 1 N–H and O–H groups in total. The summed E-state index contributed by atoms with van der Waals surface area (Å²) in [4.78, 5) is 18.4. The molecule has 0 spiro atoms. The van der Waals surface area contributed by atoms with Crippen LogP contribution in [0.4, 0.5) is 5.69 Å². The average molecular weight is 435 g/mol. The third-order valence-corrected chi connectivity index (χ3v) is 6.65. The number of amides is 1. The van der Waals surface area contributed by atoms with Gasteiger partial charge >= 0.3 is 0 Å². The summed E-state index contributed by atoms with van der Waals surface area (Å²) in [5.41, 5.74) is 0.553. The lowest BCUT2D eigenvalue weighted by Gasteiger charge is -2.21. The number of nitrogens with one attached hydrogen (secondary N) is 1. The summed E-state index contributed by atoms with van der Waals surface area (Å²) >= 11 is 0. The maximum Gasteiger partial charge on any atom is 0.260 e. The Hall–Kier alpha value is -2.69. The number of hydrogen-bond acceptors (Lipinski definition) is 7. The minimum Gasteiger partial charge on any atom is -0.497 e. The van der Waals surface area contributed by atoms with Crippen LogP contribution in [0.2, 0.25) is 0 Å². The SMILES string of the molecule is COc1ccc(NC(=O)CN2CCCN(S(=O)(=O)c3ccccn3)CC2)c(OC)c1. The summed E-state index contributed by atoms with van der Waals surface area (Å²) < 4.78 is 37.4. The highest BCUT2D eigenvalue weighted by Gasteiger charge is 2.28. The number of hydrogen-bond donors (Lipinski definition) is 1. The molecule has 1 aromatic carbocycles. The van der Waals surface area contributed by atoms with Crippen LogP contribution in [0, 0.1) is 0 Å². The summed E-state index contributed by atoms with van der Waals surface area (Å²) in [6, 6.07) is 9.99. The van der Waals surface area contributed by atoms with E-state index in [1.807, 2.05) is 4.90 Å². The lowest BCUT2D eigenvalue weighted by atomic mass is 10.2. The Bertz CT molecular complexity index is 968. The van der Waals surface area contributed by atoms with E-state index < -0.39 is 10.0 Å². The number of carbonyl (C=O) groups is 1.